The van der Waals surface area contributed by atoms with Crippen molar-refractivity contribution in [2.75, 3.05) is 6.61 Å². The molecule has 4 atom stereocenters. The number of halogens is 1. The molecule has 0 spiro atoms. The molecule has 0 aromatic heterocycles. The van der Waals surface area contributed by atoms with E-state index in [2.05, 4.69) is 4.72 Å². The molecule has 4 nitrogen and oxygen atoms in total. The van der Waals surface area contributed by atoms with Crippen LogP contribution >= 0.6 is 0 Å². The van der Waals surface area contributed by atoms with E-state index in [1.54, 1.807) is 13.0 Å². The molecule has 2 saturated carbocycles. The molecule has 1 aromatic carbocycles. The highest BCUT2D eigenvalue weighted by atomic mass is 32.2. The lowest BCUT2D eigenvalue weighted by Crippen LogP contribution is -2.45. The lowest BCUT2D eigenvalue weighted by atomic mass is 9.86. The number of aryl methyl sites for hydroxylation is 1. The first-order chi connectivity index (χ1) is 9.92. The topological polar surface area (TPSA) is 66.4 Å². The van der Waals surface area contributed by atoms with Gasteiger partial charge in [0.2, 0.25) is 10.0 Å². The van der Waals surface area contributed by atoms with Crippen molar-refractivity contribution >= 4 is 10.0 Å². The number of benzene rings is 1. The van der Waals surface area contributed by atoms with Crippen LogP contribution in [-0.2, 0) is 10.0 Å². The van der Waals surface area contributed by atoms with Crippen molar-refractivity contribution in [3.05, 3.63) is 29.6 Å². The zero-order valence-corrected chi connectivity index (χ0v) is 12.7. The second-order valence-corrected chi connectivity index (χ2v) is 7.94. The van der Waals surface area contributed by atoms with Gasteiger partial charge in [-0.15, -0.1) is 0 Å². The quantitative estimate of drug-likeness (QED) is 0.891. The summed E-state index contributed by atoms with van der Waals surface area (Å²) in [5.41, 5.74) is 0.680. The Morgan fingerprint density at radius 2 is 2.05 bits per heavy atom. The number of fused-ring (bicyclic) bond motifs is 2. The predicted molar refractivity (Wildman–Crippen MR) is 76.7 cm³/mol. The van der Waals surface area contributed by atoms with Gasteiger partial charge in [-0.05, 0) is 55.7 Å². The normalized spacial score (nSPS) is 31.8. The molecular weight excluding hydrogens is 293 g/mol. The van der Waals surface area contributed by atoms with E-state index in [0.29, 0.717) is 11.5 Å². The van der Waals surface area contributed by atoms with Gasteiger partial charge in [0.15, 0.2) is 0 Å². The lowest BCUT2D eigenvalue weighted by Gasteiger charge is -2.30. The van der Waals surface area contributed by atoms with Crippen LogP contribution in [-0.4, -0.2) is 26.2 Å². The summed E-state index contributed by atoms with van der Waals surface area (Å²) in [5, 5.41) is 9.51. The minimum Gasteiger partial charge on any atom is -0.396 e. The Kier molecular flexibility index (Phi) is 3.80. The first-order valence-corrected chi connectivity index (χ1v) is 8.80. The Morgan fingerprint density at radius 3 is 2.71 bits per heavy atom. The Balaban J connectivity index is 1.86. The highest BCUT2D eigenvalue weighted by Crippen LogP contribution is 2.48. The Hall–Kier alpha value is -0.980. The third-order valence-electron chi connectivity index (χ3n) is 4.97. The Labute approximate surface area is 124 Å². The van der Waals surface area contributed by atoms with Gasteiger partial charge in [-0.1, -0.05) is 6.07 Å². The van der Waals surface area contributed by atoms with Crippen molar-refractivity contribution in [3.8, 4) is 0 Å². The van der Waals surface area contributed by atoms with Gasteiger partial charge < -0.3 is 5.11 Å². The van der Waals surface area contributed by atoms with Gasteiger partial charge in [0.1, 0.15) is 10.7 Å². The van der Waals surface area contributed by atoms with Crippen LogP contribution in [0.4, 0.5) is 4.39 Å². The lowest BCUT2D eigenvalue weighted by molar-refractivity contribution is 0.153. The molecule has 0 radical (unpaired) electrons. The van der Waals surface area contributed by atoms with Crippen molar-refractivity contribution < 1.29 is 17.9 Å². The summed E-state index contributed by atoms with van der Waals surface area (Å²) < 4.78 is 41.4. The molecule has 2 N–H and O–H groups in total. The fraction of sp³-hybridized carbons (Fsp3) is 0.600. The minimum atomic E-state index is -3.89. The molecule has 2 fully saturated rings. The monoisotopic (exact) mass is 313 g/mol. The second kappa shape index (κ2) is 5.34. The van der Waals surface area contributed by atoms with E-state index in [0.717, 1.165) is 19.3 Å². The third kappa shape index (κ3) is 2.60. The third-order valence-corrected chi connectivity index (χ3v) is 6.46. The molecule has 0 aliphatic heterocycles. The summed E-state index contributed by atoms with van der Waals surface area (Å²) >= 11 is 0. The highest BCUT2D eigenvalue weighted by molar-refractivity contribution is 7.89. The number of nitrogens with one attached hydrogen (secondary N) is 1. The highest BCUT2D eigenvalue weighted by Gasteiger charge is 2.48. The number of rotatable bonds is 4. The largest absolute Gasteiger partial charge is 0.396 e. The van der Waals surface area contributed by atoms with E-state index < -0.39 is 15.8 Å². The van der Waals surface area contributed by atoms with Gasteiger partial charge in [-0.25, -0.2) is 17.5 Å². The number of aliphatic hydroxyl groups excluding tert-OH is 1. The van der Waals surface area contributed by atoms with Gasteiger partial charge in [-0.3, -0.25) is 0 Å². The average molecular weight is 313 g/mol. The molecule has 2 bridgehead atoms. The van der Waals surface area contributed by atoms with E-state index in [-0.39, 0.29) is 29.4 Å². The van der Waals surface area contributed by atoms with E-state index in [1.807, 2.05) is 0 Å². The van der Waals surface area contributed by atoms with E-state index in [1.165, 1.54) is 12.1 Å². The summed E-state index contributed by atoms with van der Waals surface area (Å²) in [7, 11) is -3.89. The number of hydrogen-bond donors (Lipinski definition) is 2. The zero-order valence-electron chi connectivity index (χ0n) is 11.9. The summed E-state index contributed by atoms with van der Waals surface area (Å²) in [4.78, 5) is -0.312. The molecule has 21 heavy (non-hydrogen) atoms. The first kappa shape index (κ1) is 14.9. The van der Waals surface area contributed by atoms with Gasteiger partial charge in [0, 0.05) is 18.6 Å². The van der Waals surface area contributed by atoms with E-state index >= 15 is 0 Å². The standard InChI is InChI=1S/C15H20FNO3S/c1-9-2-5-14(13(16)6-9)21(19,20)17-15-11-4-3-10(7-11)12(15)8-18/h2,5-6,10-12,15,17-18H,3-4,7-8H2,1H3. The zero-order chi connectivity index (χ0) is 15.2. The molecule has 2 aliphatic rings. The van der Waals surface area contributed by atoms with Crippen LogP contribution in [0.25, 0.3) is 0 Å². The summed E-state index contributed by atoms with van der Waals surface area (Å²) in [5.74, 6) is -0.135. The molecule has 6 heteroatoms. The van der Waals surface area contributed by atoms with Crippen LogP contribution in [0.3, 0.4) is 0 Å². The molecule has 116 valence electrons. The maximum atomic E-state index is 13.9. The minimum absolute atomic E-state index is 0.0231. The Bertz CT molecular complexity index is 646. The fourth-order valence-electron chi connectivity index (χ4n) is 3.92. The van der Waals surface area contributed by atoms with E-state index in [4.69, 9.17) is 0 Å². The van der Waals surface area contributed by atoms with Crippen molar-refractivity contribution in [1.29, 1.82) is 0 Å². The molecule has 3 rings (SSSR count). The molecule has 1 aromatic rings. The first-order valence-electron chi connectivity index (χ1n) is 7.31. The molecule has 0 saturated heterocycles. The summed E-state index contributed by atoms with van der Waals surface area (Å²) in [6.45, 7) is 1.69. The van der Waals surface area contributed by atoms with Gasteiger partial charge in [0.25, 0.3) is 0 Å². The second-order valence-electron chi connectivity index (χ2n) is 6.26. The smallest absolute Gasteiger partial charge is 0.243 e. The SMILES string of the molecule is Cc1ccc(S(=O)(=O)NC2C3CCC(C3)C2CO)c(F)c1. The van der Waals surface area contributed by atoms with Gasteiger partial charge in [-0.2, -0.15) is 0 Å². The Morgan fingerprint density at radius 1 is 1.33 bits per heavy atom. The summed E-state index contributed by atoms with van der Waals surface area (Å²) in [6.07, 6.45) is 2.98. The van der Waals surface area contributed by atoms with Crippen LogP contribution in [0.1, 0.15) is 24.8 Å². The fourth-order valence-corrected chi connectivity index (χ4v) is 5.34. The van der Waals surface area contributed by atoms with Crippen molar-refractivity contribution in [1.82, 2.24) is 4.72 Å². The number of aliphatic hydroxyl groups is 1. The van der Waals surface area contributed by atoms with Gasteiger partial charge in [0.05, 0.1) is 0 Å². The molecule has 2 aliphatic carbocycles. The van der Waals surface area contributed by atoms with E-state index in [9.17, 15) is 17.9 Å². The molecular formula is C15H20FNO3S. The van der Waals surface area contributed by atoms with Crippen LogP contribution < -0.4 is 4.72 Å². The number of sulfonamides is 1. The molecule has 0 heterocycles. The van der Waals surface area contributed by atoms with Crippen LogP contribution in [0.15, 0.2) is 23.1 Å². The van der Waals surface area contributed by atoms with Crippen molar-refractivity contribution in [3.63, 3.8) is 0 Å². The van der Waals surface area contributed by atoms with Crippen LogP contribution in [0, 0.1) is 30.5 Å². The maximum absolute atomic E-state index is 13.9. The molecule has 4 unspecified atom stereocenters. The van der Waals surface area contributed by atoms with Crippen molar-refractivity contribution in [2.24, 2.45) is 17.8 Å². The maximum Gasteiger partial charge on any atom is 0.243 e. The van der Waals surface area contributed by atoms with Crippen LogP contribution in [0.5, 0.6) is 0 Å². The van der Waals surface area contributed by atoms with Crippen molar-refractivity contribution in [2.45, 2.75) is 37.1 Å². The van der Waals surface area contributed by atoms with Gasteiger partial charge >= 0.3 is 0 Å². The van der Waals surface area contributed by atoms with Crippen LogP contribution in [0.2, 0.25) is 0 Å². The number of hydrogen-bond acceptors (Lipinski definition) is 3. The molecule has 0 amide bonds. The predicted octanol–water partition coefficient (Wildman–Crippen LogP) is 1.82. The summed E-state index contributed by atoms with van der Waals surface area (Å²) in [6, 6.07) is 3.83. The average Bonchev–Trinajstić information content (AvgIpc) is 2.98.